The van der Waals surface area contributed by atoms with E-state index in [0.717, 1.165) is 5.56 Å². The number of carbonyl (C=O) groups excluding carboxylic acids is 1. The fourth-order valence-electron chi connectivity index (χ4n) is 2.15. The minimum atomic E-state index is -0.782. The molecule has 5 nitrogen and oxygen atoms in total. The maximum Gasteiger partial charge on any atom is 0.321 e. The Balaban J connectivity index is 2.44. The molecule has 1 aliphatic heterocycles. The van der Waals surface area contributed by atoms with Gasteiger partial charge in [-0.2, -0.15) is 0 Å². The Kier molecular flexibility index (Phi) is 3.95. The largest absolute Gasteiger partial charge is 0.497 e. The SMILES string of the molecule is CCOC(=O)C1(c2cc(OC)ccc2OC)COC1. The number of rotatable bonds is 5. The first kappa shape index (κ1) is 13.7. The minimum absolute atomic E-state index is 0.284. The highest BCUT2D eigenvalue weighted by molar-refractivity contribution is 5.86. The number of carbonyl (C=O) groups is 1. The number of esters is 1. The first-order chi connectivity index (χ1) is 9.17. The van der Waals surface area contributed by atoms with Gasteiger partial charge in [-0.1, -0.05) is 0 Å². The van der Waals surface area contributed by atoms with E-state index in [1.165, 1.54) is 0 Å². The molecule has 0 radical (unpaired) electrons. The van der Waals surface area contributed by atoms with Gasteiger partial charge < -0.3 is 18.9 Å². The minimum Gasteiger partial charge on any atom is -0.497 e. The second kappa shape index (κ2) is 5.48. The molecule has 1 aromatic rings. The Morgan fingerprint density at radius 3 is 2.53 bits per heavy atom. The summed E-state index contributed by atoms with van der Waals surface area (Å²) in [5, 5.41) is 0. The molecule has 1 heterocycles. The van der Waals surface area contributed by atoms with Crippen LogP contribution in [0.3, 0.4) is 0 Å². The molecule has 0 unspecified atom stereocenters. The lowest BCUT2D eigenvalue weighted by Crippen LogP contribution is -2.54. The summed E-state index contributed by atoms with van der Waals surface area (Å²) in [4.78, 5) is 12.2. The molecule has 19 heavy (non-hydrogen) atoms. The monoisotopic (exact) mass is 266 g/mol. The molecule has 0 amide bonds. The van der Waals surface area contributed by atoms with Crippen LogP contribution >= 0.6 is 0 Å². The van der Waals surface area contributed by atoms with Gasteiger partial charge in [0.1, 0.15) is 16.9 Å². The van der Waals surface area contributed by atoms with Crippen molar-refractivity contribution >= 4 is 5.97 Å². The van der Waals surface area contributed by atoms with Crippen LogP contribution in [0.5, 0.6) is 11.5 Å². The second-order valence-corrected chi connectivity index (χ2v) is 4.36. The number of benzene rings is 1. The van der Waals surface area contributed by atoms with Crippen LogP contribution in [0.2, 0.25) is 0 Å². The topological polar surface area (TPSA) is 54.0 Å². The van der Waals surface area contributed by atoms with Crippen molar-refractivity contribution in [2.24, 2.45) is 0 Å². The Hall–Kier alpha value is -1.75. The summed E-state index contributed by atoms with van der Waals surface area (Å²) in [6.07, 6.45) is 0. The molecule has 0 N–H and O–H groups in total. The number of ether oxygens (including phenoxy) is 4. The molecule has 0 aromatic heterocycles. The Labute approximate surface area is 112 Å². The predicted molar refractivity (Wildman–Crippen MR) is 68.7 cm³/mol. The zero-order valence-corrected chi connectivity index (χ0v) is 11.4. The van der Waals surface area contributed by atoms with Crippen molar-refractivity contribution in [2.45, 2.75) is 12.3 Å². The molecular weight excluding hydrogens is 248 g/mol. The van der Waals surface area contributed by atoms with Crippen LogP contribution in [0, 0.1) is 0 Å². The maximum atomic E-state index is 12.2. The van der Waals surface area contributed by atoms with Crippen LogP contribution in [0.15, 0.2) is 18.2 Å². The van der Waals surface area contributed by atoms with E-state index >= 15 is 0 Å². The summed E-state index contributed by atoms with van der Waals surface area (Å²) in [5.41, 5.74) is -0.0327. The van der Waals surface area contributed by atoms with Gasteiger partial charge in [0.15, 0.2) is 0 Å². The second-order valence-electron chi connectivity index (χ2n) is 4.36. The zero-order chi connectivity index (χ0) is 13.9. The van der Waals surface area contributed by atoms with Gasteiger partial charge in [0.2, 0.25) is 0 Å². The van der Waals surface area contributed by atoms with Gasteiger partial charge in [-0.15, -0.1) is 0 Å². The maximum absolute atomic E-state index is 12.2. The van der Waals surface area contributed by atoms with E-state index in [2.05, 4.69) is 0 Å². The molecule has 5 heteroatoms. The molecule has 0 bridgehead atoms. The number of hydrogen-bond acceptors (Lipinski definition) is 5. The average Bonchev–Trinajstić information content (AvgIpc) is 2.37. The molecule has 0 atom stereocenters. The van der Waals surface area contributed by atoms with Gasteiger partial charge in [-0.05, 0) is 25.1 Å². The molecule has 0 spiro atoms. The molecule has 1 aliphatic rings. The Morgan fingerprint density at radius 2 is 2.05 bits per heavy atom. The van der Waals surface area contributed by atoms with Gasteiger partial charge >= 0.3 is 5.97 Å². The Morgan fingerprint density at radius 1 is 1.32 bits per heavy atom. The third-order valence-electron chi connectivity index (χ3n) is 3.29. The molecule has 0 aliphatic carbocycles. The van der Waals surface area contributed by atoms with Crippen molar-refractivity contribution in [1.82, 2.24) is 0 Å². The van der Waals surface area contributed by atoms with E-state index < -0.39 is 5.41 Å². The van der Waals surface area contributed by atoms with Crippen molar-refractivity contribution in [3.8, 4) is 11.5 Å². The van der Waals surface area contributed by atoms with E-state index in [1.54, 1.807) is 39.3 Å². The summed E-state index contributed by atoms with van der Waals surface area (Å²) >= 11 is 0. The molecule has 2 rings (SSSR count). The van der Waals surface area contributed by atoms with Gasteiger partial charge in [0.05, 0.1) is 34.0 Å². The summed E-state index contributed by atoms with van der Waals surface area (Å²) in [6, 6.07) is 5.38. The van der Waals surface area contributed by atoms with Crippen LogP contribution in [0.25, 0.3) is 0 Å². The van der Waals surface area contributed by atoms with Crippen molar-refractivity contribution in [1.29, 1.82) is 0 Å². The van der Waals surface area contributed by atoms with E-state index in [4.69, 9.17) is 18.9 Å². The van der Waals surface area contributed by atoms with E-state index in [9.17, 15) is 4.79 Å². The predicted octanol–water partition coefficient (Wildman–Crippen LogP) is 1.53. The van der Waals surface area contributed by atoms with E-state index in [0.29, 0.717) is 31.3 Å². The summed E-state index contributed by atoms with van der Waals surface area (Å²) in [7, 11) is 3.16. The Bertz CT molecular complexity index is 465. The van der Waals surface area contributed by atoms with E-state index in [-0.39, 0.29) is 5.97 Å². The van der Waals surface area contributed by atoms with E-state index in [1.807, 2.05) is 0 Å². The third kappa shape index (κ3) is 2.26. The normalized spacial score (nSPS) is 16.4. The van der Waals surface area contributed by atoms with Crippen molar-refractivity contribution < 1.29 is 23.7 Å². The molecule has 1 aromatic carbocycles. The molecule has 0 saturated carbocycles. The molecule has 1 saturated heterocycles. The molecular formula is C14H18O5. The number of hydrogen-bond donors (Lipinski definition) is 0. The van der Waals surface area contributed by atoms with Crippen molar-refractivity contribution in [3.63, 3.8) is 0 Å². The standard InChI is InChI=1S/C14H18O5/c1-4-19-13(15)14(8-18-9-14)11-7-10(16-2)5-6-12(11)17-3/h5-7H,4,8-9H2,1-3H3. The van der Waals surface area contributed by atoms with Gasteiger partial charge in [-0.25, -0.2) is 0 Å². The van der Waals surface area contributed by atoms with Crippen molar-refractivity contribution in [3.05, 3.63) is 23.8 Å². The molecule has 104 valence electrons. The van der Waals surface area contributed by atoms with Gasteiger partial charge in [-0.3, -0.25) is 4.79 Å². The van der Waals surface area contributed by atoms with Crippen molar-refractivity contribution in [2.75, 3.05) is 34.0 Å². The highest BCUT2D eigenvalue weighted by Crippen LogP contribution is 2.40. The summed E-state index contributed by atoms with van der Waals surface area (Å²) < 4.78 is 20.9. The first-order valence-electron chi connectivity index (χ1n) is 6.15. The van der Waals surface area contributed by atoms with Crippen LogP contribution < -0.4 is 9.47 Å². The lowest BCUT2D eigenvalue weighted by atomic mass is 9.78. The molecule has 1 fully saturated rings. The fraction of sp³-hybridized carbons (Fsp3) is 0.500. The average molecular weight is 266 g/mol. The smallest absolute Gasteiger partial charge is 0.321 e. The van der Waals surface area contributed by atoms with Gasteiger partial charge in [0.25, 0.3) is 0 Å². The highest BCUT2D eigenvalue weighted by Gasteiger charge is 2.50. The van der Waals surface area contributed by atoms with Gasteiger partial charge in [0, 0.05) is 5.56 Å². The third-order valence-corrected chi connectivity index (χ3v) is 3.29. The van der Waals surface area contributed by atoms with Crippen LogP contribution in [0.1, 0.15) is 12.5 Å². The van der Waals surface area contributed by atoms with Crippen LogP contribution in [-0.2, 0) is 19.7 Å². The summed E-state index contributed by atoms with van der Waals surface area (Å²) in [6.45, 7) is 2.73. The quantitative estimate of drug-likeness (QED) is 0.757. The highest BCUT2D eigenvalue weighted by atomic mass is 16.6. The lowest BCUT2D eigenvalue weighted by Gasteiger charge is -2.39. The number of methoxy groups -OCH3 is 2. The first-order valence-corrected chi connectivity index (χ1v) is 6.15. The van der Waals surface area contributed by atoms with Crippen LogP contribution in [0.4, 0.5) is 0 Å². The lowest BCUT2D eigenvalue weighted by molar-refractivity contribution is -0.169. The summed E-state index contributed by atoms with van der Waals surface area (Å²) in [5.74, 6) is 1.02. The fourth-order valence-corrected chi connectivity index (χ4v) is 2.15. The zero-order valence-electron chi connectivity index (χ0n) is 11.4. The van der Waals surface area contributed by atoms with Crippen LogP contribution in [-0.4, -0.2) is 40.0 Å².